The first-order chi connectivity index (χ1) is 9.01. The van der Waals surface area contributed by atoms with E-state index in [-0.39, 0.29) is 0 Å². The second-order valence-electron chi connectivity index (χ2n) is 5.76. The molecule has 0 aromatic rings. The van der Waals surface area contributed by atoms with E-state index in [2.05, 4.69) is 10.2 Å². The fraction of sp³-hybridized carbons (Fsp3) is 0.929. The molecule has 1 saturated heterocycles. The molecule has 0 radical (unpaired) electrons. The van der Waals surface area contributed by atoms with Crippen LogP contribution in [0.15, 0.2) is 0 Å². The Balaban J connectivity index is 2.55. The molecule has 1 fully saturated rings. The lowest BCUT2D eigenvalue weighted by atomic mass is 9.95. The van der Waals surface area contributed by atoms with Crippen molar-refractivity contribution >= 4 is 5.97 Å². The zero-order valence-electron chi connectivity index (χ0n) is 12.4. The number of aliphatic carboxylic acids is 1. The van der Waals surface area contributed by atoms with Gasteiger partial charge in [0.05, 0.1) is 6.61 Å². The number of piperidine rings is 1. The summed E-state index contributed by atoms with van der Waals surface area (Å²) in [4.78, 5) is 13.7. The van der Waals surface area contributed by atoms with Crippen LogP contribution in [-0.4, -0.2) is 61.4 Å². The van der Waals surface area contributed by atoms with Crippen LogP contribution in [0.3, 0.4) is 0 Å². The Morgan fingerprint density at radius 1 is 1.58 bits per heavy atom. The van der Waals surface area contributed by atoms with Gasteiger partial charge in [-0.3, -0.25) is 4.79 Å². The Morgan fingerprint density at radius 3 is 2.89 bits per heavy atom. The Labute approximate surface area is 116 Å². The standard InChI is InChI=1S/C14H28N2O3/c1-4-7-15-14(2,13(17)18)11-16-8-5-6-12(9-16)10-19-3/h12,15H,4-11H2,1-3H3,(H,17,18). The lowest BCUT2D eigenvalue weighted by molar-refractivity contribution is -0.145. The number of carboxylic acid groups (broad SMARTS) is 1. The van der Waals surface area contributed by atoms with Crippen LogP contribution in [0.4, 0.5) is 0 Å². The summed E-state index contributed by atoms with van der Waals surface area (Å²) in [6.07, 6.45) is 3.24. The molecule has 0 aromatic heterocycles. The minimum absolute atomic E-state index is 0.531. The fourth-order valence-corrected chi connectivity index (χ4v) is 2.71. The summed E-state index contributed by atoms with van der Waals surface area (Å²) in [5.74, 6) is -0.238. The third kappa shape index (κ3) is 5.09. The fourth-order valence-electron chi connectivity index (χ4n) is 2.71. The zero-order valence-corrected chi connectivity index (χ0v) is 12.4. The van der Waals surface area contributed by atoms with Gasteiger partial charge in [0.15, 0.2) is 0 Å². The van der Waals surface area contributed by atoms with Crippen LogP contribution in [0.25, 0.3) is 0 Å². The van der Waals surface area contributed by atoms with Crippen molar-refractivity contribution in [1.82, 2.24) is 10.2 Å². The molecule has 5 nitrogen and oxygen atoms in total. The van der Waals surface area contributed by atoms with Crippen LogP contribution in [0.1, 0.15) is 33.1 Å². The SMILES string of the molecule is CCCNC(C)(CN1CCCC(COC)C1)C(=O)O. The normalized spacial score (nSPS) is 24.1. The van der Waals surface area contributed by atoms with Gasteiger partial charge in [0, 0.05) is 20.2 Å². The summed E-state index contributed by atoms with van der Waals surface area (Å²) in [6.45, 7) is 7.81. The van der Waals surface area contributed by atoms with Crippen molar-refractivity contribution in [2.24, 2.45) is 5.92 Å². The van der Waals surface area contributed by atoms with E-state index < -0.39 is 11.5 Å². The highest BCUT2D eigenvalue weighted by atomic mass is 16.5. The minimum atomic E-state index is -0.856. The number of rotatable bonds is 8. The highest BCUT2D eigenvalue weighted by Gasteiger charge is 2.35. The molecule has 2 atom stereocenters. The van der Waals surface area contributed by atoms with E-state index in [0.717, 1.165) is 39.1 Å². The van der Waals surface area contributed by atoms with Crippen LogP contribution in [0, 0.1) is 5.92 Å². The van der Waals surface area contributed by atoms with E-state index in [0.29, 0.717) is 12.5 Å². The quantitative estimate of drug-likeness (QED) is 0.695. The molecule has 1 heterocycles. The molecule has 1 aliphatic rings. The van der Waals surface area contributed by atoms with E-state index in [1.165, 1.54) is 6.42 Å². The maximum atomic E-state index is 11.5. The van der Waals surface area contributed by atoms with Gasteiger partial charge in [-0.1, -0.05) is 6.92 Å². The summed E-state index contributed by atoms with van der Waals surface area (Å²) in [7, 11) is 1.73. The largest absolute Gasteiger partial charge is 0.480 e. The van der Waals surface area contributed by atoms with Gasteiger partial charge in [0.2, 0.25) is 0 Å². The third-order valence-electron chi connectivity index (χ3n) is 3.78. The van der Waals surface area contributed by atoms with Gasteiger partial charge in [-0.25, -0.2) is 0 Å². The summed E-state index contributed by atoms with van der Waals surface area (Å²) < 4.78 is 5.21. The number of nitrogens with one attached hydrogen (secondary N) is 1. The van der Waals surface area contributed by atoms with Crippen LogP contribution in [0.2, 0.25) is 0 Å². The maximum absolute atomic E-state index is 11.5. The van der Waals surface area contributed by atoms with Gasteiger partial charge in [-0.2, -0.15) is 0 Å². The Kier molecular flexibility index (Phi) is 6.75. The maximum Gasteiger partial charge on any atom is 0.324 e. The molecule has 2 N–H and O–H groups in total. The molecule has 0 spiro atoms. The molecule has 5 heteroatoms. The van der Waals surface area contributed by atoms with Crippen molar-refractivity contribution < 1.29 is 14.6 Å². The number of ether oxygens (including phenoxy) is 1. The van der Waals surface area contributed by atoms with Crippen LogP contribution < -0.4 is 5.32 Å². The summed E-state index contributed by atoms with van der Waals surface area (Å²) in [6, 6.07) is 0. The molecule has 0 bridgehead atoms. The van der Waals surface area contributed by atoms with Gasteiger partial charge in [-0.05, 0) is 45.2 Å². The smallest absolute Gasteiger partial charge is 0.324 e. The number of nitrogens with zero attached hydrogens (tertiary/aromatic N) is 1. The lowest BCUT2D eigenvalue weighted by Gasteiger charge is -2.38. The Morgan fingerprint density at radius 2 is 2.32 bits per heavy atom. The topological polar surface area (TPSA) is 61.8 Å². The predicted octanol–water partition coefficient (Wildman–Crippen LogP) is 1.19. The first-order valence-corrected chi connectivity index (χ1v) is 7.21. The molecule has 19 heavy (non-hydrogen) atoms. The van der Waals surface area contributed by atoms with Gasteiger partial charge in [0.1, 0.15) is 5.54 Å². The predicted molar refractivity (Wildman–Crippen MR) is 75.4 cm³/mol. The van der Waals surface area contributed by atoms with Crippen LogP contribution >= 0.6 is 0 Å². The first kappa shape index (κ1) is 16.4. The summed E-state index contributed by atoms with van der Waals surface area (Å²) in [5.41, 5.74) is -0.856. The van der Waals surface area contributed by atoms with Crippen LogP contribution in [-0.2, 0) is 9.53 Å². The average Bonchev–Trinajstić information content (AvgIpc) is 2.37. The van der Waals surface area contributed by atoms with Gasteiger partial charge < -0.3 is 20.1 Å². The number of methoxy groups -OCH3 is 1. The molecule has 0 saturated carbocycles. The van der Waals surface area contributed by atoms with Crippen molar-refractivity contribution in [3.63, 3.8) is 0 Å². The third-order valence-corrected chi connectivity index (χ3v) is 3.78. The number of carboxylic acids is 1. The molecular formula is C14H28N2O3. The average molecular weight is 272 g/mol. The zero-order chi connectivity index (χ0) is 14.3. The van der Waals surface area contributed by atoms with Crippen molar-refractivity contribution in [3.05, 3.63) is 0 Å². The first-order valence-electron chi connectivity index (χ1n) is 7.21. The Bertz CT molecular complexity index is 284. The van der Waals surface area contributed by atoms with Gasteiger partial charge in [-0.15, -0.1) is 0 Å². The monoisotopic (exact) mass is 272 g/mol. The number of hydrogen-bond acceptors (Lipinski definition) is 4. The number of hydrogen-bond donors (Lipinski definition) is 2. The summed E-state index contributed by atoms with van der Waals surface area (Å²) in [5, 5.41) is 12.6. The summed E-state index contributed by atoms with van der Waals surface area (Å²) >= 11 is 0. The van der Waals surface area contributed by atoms with Crippen molar-refractivity contribution in [2.45, 2.75) is 38.6 Å². The minimum Gasteiger partial charge on any atom is -0.480 e. The second kappa shape index (κ2) is 7.82. The number of likely N-dealkylation sites (tertiary alicyclic amines) is 1. The molecule has 112 valence electrons. The molecule has 1 aliphatic heterocycles. The van der Waals surface area contributed by atoms with E-state index in [1.807, 2.05) is 6.92 Å². The molecule has 2 unspecified atom stereocenters. The Hall–Kier alpha value is -0.650. The molecule has 1 rings (SSSR count). The molecule has 0 aliphatic carbocycles. The highest BCUT2D eigenvalue weighted by molar-refractivity contribution is 5.78. The van der Waals surface area contributed by atoms with E-state index in [9.17, 15) is 9.90 Å². The van der Waals surface area contributed by atoms with Crippen LogP contribution in [0.5, 0.6) is 0 Å². The van der Waals surface area contributed by atoms with Crippen molar-refractivity contribution in [2.75, 3.05) is 39.9 Å². The number of carbonyl (C=O) groups is 1. The van der Waals surface area contributed by atoms with Crippen molar-refractivity contribution in [3.8, 4) is 0 Å². The highest BCUT2D eigenvalue weighted by Crippen LogP contribution is 2.19. The van der Waals surface area contributed by atoms with Crippen molar-refractivity contribution in [1.29, 1.82) is 0 Å². The van der Waals surface area contributed by atoms with E-state index in [1.54, 1.807) is 14.0 Å². The molecule has 0 amide bonds. The molecule has 0 aromatic carbocycles. The van der Waals surface area contributed by atoms with E-state index in [4.69, 9.17) is 4.74 Å². The van der Waals surface area contributed by atoms with Gasteiger partial charge >= 0.3 is 5.97 Å². The van der Waals surface area contributed by atoms with Gasteiger partial charge in [0.25, 0.3) is 0 Å². The van der Waals surface area contributed by atoms with E-state index >= 15 is 0 Å². The second-order valence-corrected chi connectivity index (χ2v) is 5.76. The molecular weight excluding hydrogens is 244 g/mol. The lowest BCUT2D eigenvalue weighted by Crippen LogP contribution is -2.58.